The molecule has 1 N–H and O–H groups in total. The molecule has 1 aliphatic carbocycles. The maximum atomic E-state index is 13.4. The van der Waals surface area contributed by atoms with E-state index in [1.54, 1.807) is 13.0 Å². The molecule has 1 aromatic rings. The molecule has 0 bridgehead atoms. The quantitative estimate of drug-likeness (QED) is 0.855. The maximum Gasteiger partial charge on any atom is 0.410 e. The minimum atomic E-state index is -4.33. The van der Waals surface area contributed by atoms with E-state index in [0.29, 0.717) is 18.1 Å². The summed E-state index contributed by atoms with van der Waals surface area (Å²) in [7, 11) is 0. The van der Waals surface area contributed by atoms with Gasteiger partial charge in [-0.25, -0.2) is 4.68 Å². The molecule has 0 aromatic carbocycles. The standard InChI is InChI=1S/C18H25F3N4O/c1-11-9-15(18(19,20)21)25-16(22-11)10-13(23-25)14-7-4-8-24(14)17(26)12-5-2-3-6-12/h10-12,14-15,22H,2-9H2,1H3/t11-,14+,15-/m1/s1. The molecule has 3 heterocycles. The number of hydrogen-bond acceptors (Lipinski definition) is 3. The van der Waals surface area contributed by atoms with E-state index < -0.39 is 12.2 Å². The van der Waals surface area contributed by atoms with Crippen LogP contribution in [0.4, 0.5) is 19.0 Å². The third-order valence-electron chi connectivity index (χ3n) is 5.98. The van der Waals surface area contributed by atoms with Gasteiger partial charge in [-0.1, -0.05) is 12.8 Å². The molecular formula is C18H25F3N4O. The van der Waals surface area contributed by atoms with Crippen LogP contribution >= 0.6 is 0 Å². The molecule has 3 aliphatic rings. The molecule has 2 fully saturated rings. The van der Waals surface area contributed by atoms with Crippen molar-refractivity contribution in [2.45, 2.75) is 76.2 Å². The second-order valence-corrected chi connectivity index (χ2v) is 7.91. The summed E-state index contributed by atoms with van der Waals surface area (Å²) in [5.74, 6) is 0.639. The van der Waals surface area contributed by atoms with Crippen LogP contribution < -0.4 is 5.32 Å². The Morgan fingerprint density at radius 2 is 1.96 bits per heavy atom. The fourth-order valence-corrected chi connectivity index (χ4v) is 4.69. The fraction of sp³-hybridized carbons (Fsp3) is 0.778. The largest absolute Gasteiger partial charge is 0.410 e. The van der Waals surface area contributed by atoms with Crippen molar-refractivity contribution in [1.29, 1.82) is 0 Å². The highest BCUT2D eigenvalue weighted by Gasteiger charge is 2.46. The van der Waals surface area contributed by atoms with Crippen LogP contribution in [0, 0.1) is 5.92 Å². The third kappa shape index (κ3) is 3.07. The predicted octanol–water partition coefficient (Wildman–Crippen LogP) is 4.04. The van der Waals surface area contributed by atoms with Gasteiger partial charge >= 0.3 is 6.18 Å². The molecule has 2 aliphatic heterocycles. The summed E-state index contributed by atoms with van der Waals surface area (Å²) in [4.78, 5) is 14.7. The van der Waals surface area contributed by atoms with Crippen molar-refractivity contribution < 1.29 is 18.0 Å². The van der Waals surface area contributed by atoms with E-state index in [-0.39, 0.29) is 30.3 Å². The van der Waals surface area contributed by atoms with Crippen LogP contribution in [0.25, 0.3) is 0 Å². The lowest BCUT2D eigenvalue weighted by atomic mass is 10.0. The zero-order valence-corrected chi connectivity index (χ0v) is 14.9. The van der Waals surface area contributed by atoms with E-state index in [0.717, 1.165) is 43.2 Å². The van der Waals surface area contributed by atoms with E-state index in [1.165, 1.54) is 0 Å². The van der Waals surface area contributed by atoms with Crippen LogP contribution in [0.3, 0.4) is 0 Å². The average molecular weight is 370 g/mol. The Bertz CT molecular complexity index is 680. The SMILES string of the molecule is C[C@@H]1C[C@H](C(F)(F)F)n2nc([C@@H]3CCCN3C(=O)C3CCCC3)cc2N1. The normalized spacial score (nSPS) is 29.7. The number of alkyl halides is 3. The Morgan fingerprint density at radius 1 is 1.23 bits per heavy atom. The van der Waals surface area contributed by atoms with Gasteiger partial charge in [-0.15, -0.1) is 0 Å². The highest BCUT2D eigenvalue weighted by Crippen LogP contribution is 2.42. The minimum Gasteiger partial charge on any atom is -0.368 e. The molecule has 3 atom stereocenters. The summed E-state index contributed by atoms with van der Waals surface area (Å²) >= 11 is 0. The summed E-state index contributed by atoms with van der Waals surface area (Å²) in [5.41, 5.74) is 0.583. The van der Waals surface area contributed by atoms with Gasteiger partial charge in [0.15, 0.2) is 6.04 Å². The molecule has 1 saturated heterocycles. The molecule has 0 spiro atoms. The number of halogens is 3. The molecule has 1 amide bonds. The molecule has 1 saturated carbocycles. The molecule has 0 radical (unpaired) electrons. The molecule has 1 aromatic heterocycles. The van der Waals surface area contributed by atoms with Crippen molar-refractivity contribution in [2.75, 3.05) is 11.9 Å². The molecular weight excluding hydrogens is 345 g/mol. The Hall–Kier alpha value is -1.73. The van der Waals surface area contributed by atoms with Gasteiger partial charge in [-0.05, 0) is 39.0 Å². The lowest BCUT2D eigenvalue weighted by Gasteiger charge is -2.31. The predicted molar refractivity (Wildman–Crippen MR) is 90.7 cm³/mol. The van der Waals surface area contributed by atoms with Crippen LogP contribution in [-0.2, 0) is 4.79 Å². The molecule has 8 heteroatoms. The van der Waals surface area contributed by atoms with Crippen molar-refractivity contribution in [3.8, 4) is 0 Å². The number of likely N-dealkylation sites (tertiary alicyclic amines) is 1. The number of nitrogens with one attached hydrogen (secondary N) is 1. The number of anilines is 1. The minimum absolute atomic E-state index is 0.0347. The van der Waals surface area contributed by atoms with Crippen LogP contribution in [0.2, 0.25) is 0 Å². The zero-order chi connectivity index (χ0) is 18.5. The van der Waals surface area contributed by atoms with E-state index in [2.05, 4.69) is 10.4 Å². The summed E-state index contributed by atoms with van der Waals surface area (Å²) in [6.07, 6.45) is 1.30. The third-order valence-corrected chi connectivity index (χ3v) is 5.98. The first-order valence-electron chi connectivity index (χ1n) is 9.58. The maximum absolute atomic E-state index is 13.4. The Kier molecular flexibility index (Phi) is 4.39. The molecule has 26 heavy (non-hydrogen) atoms. The van der Waals surface area contributed by atoms with Crippen LogP contribution in [0.5, 0.6) is 0 Å². The van der Waals surface area contributed by atoms with Crippen molar-refractivity contribution >= 4 is 11.7 Å². The first-order valence-corrected chi connectivity index (χ1v) is 9.58. The van der Waals surface area contributed by atoms with E-state index in [9.17, 15) is 18.0 Å². The fourth-order valence-electron chi connectivity index (χ4n) is 4.69. The van der Waals surface area contributed by atoms with Crippen LogP contribution in [0.1, 0.15) is 69.6 Å². The van der Waals surface area contributed by atoms with Crippen LogP contribution in [-0.4, -0.2) is 39.4 Å². The Labute approximate surface area is 150 Å². The number of amides is 1. The molecule has 144 valence electrons. The second kappa shape index (κ2) is 6.46. The summed E-state index contributed by atoms with van der Waals surface area (Å²) in [5, 5.41) is 7.42. The van der Waals surface area contributed by atoms with Gasteiger partial charge in [-0.3, -0.25) is 4.79 Å². The number of rotatable bonds is 2. The number of carbonyl (C=O) groups is 1. The van der Waals surface area contributed by atoms with Gasteiger partial charge in [0.1, 0.15) is 5.82 Å². The van der Waals surface area contributed by atoms with Gasteiger partial charge in [0.05, 0.1) is 11.7 Å². The van der Waals surface area contributed by atoms with Gasteiger partial charge in [0.2, 0.25) is 5.91 Å². The lowest BCUT2D eigenvalue weighted by Crippen LogP contribution is -2.38. The molecule has 5 nitrogen and oxygen atoms in total. The number of hydrogen-bond donors (Lipinski definition) is 1. The zero-order valence-electron chi connectivity index (χ0n) is 14.9. The molecule has 0 unspecified atom stereocenters. The smallest absolute Gasteiger partial charge is 0.368 e. The number of nitrogens with zero attached hydrogens (tertiary/aromatic N) is 3. The average Bonchev–Trinajstić information content (AvgIpc) is 3.31. The Balaban J connectivity index is 1.61. The highest BCUT2D eigenvalue weighted by atomic mass is 19.4. The van der Waals surface area contributed by atoms with E-state index >= 15 is 0 Å². The number of fused-ring (bicyclic) bond motifs is 1. The first-order chi connectivity index (χ1) is 12.3. The van der Waals surface area contributed by atoms with Crippen LogP contribution in [0.15, 0.2) is 6.07 Å². The van der Waals surface area contributed by atoms with Gasteiger partial charge in [0.25, 0.3) is 0 Å². The van der Waals surface area contributed by atoms with Gasteiger partial charge < -0.3 is 10.2 Å². The van der Waals surface area contributed by atoms with Crippen molar-refractivity contribution in [2.24, 2.45) is 5.92 Å². The second-order valence-electron chi connectivity index (χ2n) is 7.91. The van der Waals surface area contributed by atoms with E-state index in [1.807, 2.05) is 4.90 Å². The highest BCUT2D eigenvalue weighted by molar-refractivity contribution is 5.79. The first kappa shape index (κ1) is 17.7. The lowest BCUT2D eigenvalue weighted by molar-refractivity contribution is -0.173. The number of carbonyl (C=O) groups excluding carboxylic acids is 1. The van der Waals surface area contributed by atoms with E-state index in [4.69, 9.17) is 0 Å². The monoisotopic (exact) mass is 370 g/mol. The summed E-state index contributed by atoms with van der Waals surface area (Å²) < 4.78 is 41.4. The summed E-state index contributed by atoms with van der Waals surface area (Å²) in [6.45, 7) is 2.43. The Morgan fingerprint density at radius 3 is 2.65 bits per heavy atom. The number of aromatic nitrogens is 2. The van der Waals surface area contributed by atoms with Crippen molar-refractivity contribution in [3.05, 3.63) is 11.8 Å². The topological polar surface area (TPSA) is 50.2 Å². The van der Waals surface area contributed by atoms with Gasteiger partial charge in [0, 0.05) is 24.6 Å². The molecule has 4 rings (SSSR count). The van der Waals surface area contributed by atoms with Gasteiger partial charge in [-0.2, -0.15) is 18.3 Å². The summed E-state index contributed by atoms with van der Waals surface area (Å²) in [6, 6.07) is -0.368. The van der Waals surface area contributed by atoms with Crippen molar-refractivity contribution in [1.82, 2.24) is 14.7 Å². The van der Waals surface area contributed by atoms with Crippen molar-refractivity contribution in [3.63, 3.8) is 0 Å².